The third-order valence-electron chi connectivity index (χ3n) is 3.26. The maximum absolute atomic E-state index is 6.37. The zero-order valence-corrected chi connectivity index (χ0v) is 11.8. The molecule has 1 atom stereocenters. The molecule has 0 aliphatic carbocycles. The largest absolute Gasteiger partial charge is 0.309 e. The summed E-state index contributed by atoms with van der Waals surface area (Å²) in [5, 5.41) is 4.17. The lowest BCUT2D eigenvalue weighted by Gasteiger charge is -2.20. The highest BCUT2D eigenvalue weighted by atomic mass is 35.5. The van der Waals surface area contributed by atoms with Crippen molar-refractivity contribution in [2.45, 2.75) is 19.9 Å². The van der Waals surface area contributed by atoms with E-state index in [9.17, 15) is 0 Å². The normalized spacial score (nSPS) is 12.4. The van der Waals surface area contributed by atoms with Gasteiger partial charge in [0.15, 0.2) is 0 Å². The Morgan fingerprint density at radius 3 is 2.33 bits per heavy atom. The summed E-state index contributed by atoms with van der Waals surface area (Å²) in [4.78, 5) is 0. The van der Waals surface area contributed by atoms with E-state index < -0.39 is 0 Å². The van der Waals surface area contributed by atoms with Crippen molar-refractivity contribution in [2.75, 3.05) is 7.05 Å². The molecule has 2 rings (SSSR count). The third kappa shape index (κ3) is 2.58. The van der Waals surface area contributed by atoms with Gasteiger partial charge < -0.3 is 5.32 Å². The van der Waals surface area contributed by atoms with Crippen LogP contribution in [-0.2, 0) is 0 Å². The summed E-state index contributed by atoms with van der Waals surface area (Å²) in [7, 11) is 1.97. The molecule has 0 saturated heterocycles. The van der Waals surface area contributed by atoms with Crippen molar-refractivity contribution in [1.82, 2.24) is 5.32 Å². The summed E-state index contributed by atoms with van der Waals surface area (Å²) in [5.41, 5.74) is 4.85. The molecule has 0 fully saturated rings. The minimum absolute atomic E-state index is 0.138. The Kier molecular flexibility index (Phi) is 4.05. The van der Waals surface area contributed by atoms with E-state index in [4.69, 9.17) is 11.6 Å². The lowest BCUT2D eigenvalue weighted by atomic mass is 9.94. The first kappa shape index (κ1) is 13.1. The summed E-state index contributed by atoms with van der Waals surface area (Å²) < 4.78 is 0. The Hall–Kier alpha value is -1.31. The van der Waals surface area contributed by atoms with Gasteiger partial charge in [-0.25, -0.2) is 0 Å². The fourth-order valence-corrected chi connectivity index (χ4v) is 2.60. The van der Waals surface area contributed by atoms with Gasteiger partial charge in [0, 0.05) is 5.02 Å². The maximum Gasteiger partial charge on any atom is 0.0591 e. The molecule has 1 nitrogen and oxygen atoms in total. The molecule has 2 heteroatoms. The lowest BCUT2D eigenvalue weighted by molar-refractivity contribution is 0.687. The van der Waals surface area contributed by atoms with Gasteiger partial charge >= 0.3 is 0 Å². The molecule has 2 aromatic rings. The van der Waals surface area contributed by atoms with Gasteiger partial charge in [-0.2, -0.15) is 0 Å². The molecule has 1 unspecified atom stereocenters. The molecule has 0 bridgehead atoms. The molecule has 18 heavy (non-hydrogen) atoms. The second kappa shape index (κ2) is 5.55. The predicted molar refractivity (Wildman–Crippen MR) is 78.3 cm³/mol. The van der Waals surface area contributed by atoms with E-state index in [1.165, 1.54) is 16.7 Å². The maximum atomic E-state index is 6.37. The van der Waals surface area contributed by atoms with Crippen LogP contribution in [0, 0.1) is 13.8 Å². The lowest BCUT2D eigenvalue weighted by Crippen LogP contribution is -2.19. The summed E-state index contributed by atoms with van der Waals surface area (Å²) in [6.07, 6.45) is 0. The van der Waals surface area contributed by atoms with Crippen LogP contribution in [0.2, 0.25) is 5.02 Å². The quantitative estimate of drug-likeness (QED) is 0.868. The first-order valence-electron chi connectivity index (χ1n) is 6.12. The van der Waals surface area contributed by atoms with E-state index in [-0.39, 0.29) is 6.04 Å². The van der Waals surface area contributed by atoms with E-state index in [1.54, 1.807) is 0 Å². The van der Waals surface area contributed by atoms with Crippen molar-refractivity contribution in [3.63, 3.8) is 0 Å². The Balaban J connectivity index is 2.49. The molecule has 0 aliphatic rings. The number of hydrogen-bond donors (Lipinski definition) is 1. The molecular weight excluding hydrogens is 242 g/mol. The van der Waals surface area contributed by atoms with Gasteiger partial charge in [-0.05, 0) is 49.2 Å². The van der Waals surface area contributed by atoms with Crippen molar-refractivity contribution in [2.24, 2.45) is 0 Å². The van der Waals surface area contributed by atoms with Gasteiger partial charge in [0.25, 0.3) is 0 Å². The zero-order valence-electron chi connectivity index (χ0n) is 11.0. The number of halogens is 1. The number of rotatable bonds is 3. The fourth-order valence-electron chi connectivity index (χ4n) is 2.26. The van der Waals surface area contributed by atoms with Crippen molar-refractivity contribution < 1.29 is 0 Å². The SMILES string of the molecule is CNC(c1ccccc1C)c1ccc(C)cc1Cl. The van der Waals surface area contributed by atoms with Crippen LogP contribution in [0.5, 0.6) is 0 Å². The van der Waals surface area contributed by atoms with Crippen LogP contribution in [-0.4, -0.2) is 7.05 Å². The molecular formula is C16H18ClN. The van der Waals surface area contributed by atoms with Crippen LogP contribution < -0.4 is 5.32 Å². The monoisotopic (exact) mass is 259 g/mol. The topological polar surface area (TPSA) is 12.0 Å². The van der Waals surface area contributed by atoms with Crippen LogP contribution in [0.4, 0.5) is 0 Å². The summed E-state index contributed by atoms with van der Waals surface area (Å²) >= 11 is 6.37. The molecule has 0 amide bonds. The van der Waals surface area contributed by atoms with Crippen molar-refractivity contribution in [3.8, 4) is 0 Å². The van der Waals surface area contributed by atoms with Gasteiger partial charge in [-0.3, -0.25) is 0 Å². The standard InChI is InChI=1S/C16H18ClN/c1-11-8-9-14(15(17)10-11)16(18-3)13-7-5-4-6-12(13)2/h4-10,16,18H,1-3H3. The van der Waals surface area contributed by atoms with Crippen LogP contribution in [0.15, 0.2) is 42.5 Å². The second-order valence-electron chi connectivity index (χ2n) is 4.60. The van der Waals surface area contributed by atoms with Crippen molar-refractivity contribution in [1.29, 1.82) is 0 Å². The second-order valence-corrected chi connectivity index (χ2v) is 5.01. The predicted octanol–water partition coefficient (Wildman–Crippen LogP) is 4.27. The molecule has 0 spiro atoms. The van der Waals surface area contributed by atoms with Crippen LogP contribution in [0.25, 0.3) is 0 Å². The van der Waals surface area contributed by atoms with E-state index in [0.29, 0.717) is 0 Å². The minimum Gasteiger partial charge on any atom is -0.309 e. The van der Waals surface area contributed by atoms with Crippen LogP contribution in [0.3, 0.4) is 0 Å². The average Bonchev–Trinajstić information content (AvgIpc) is 2.34. The van der Waals surface area contributed by atoms with E-state index in [0.717, 1.165) is 10.6 Å². The van der Waals surface area contributed by atoms with Gasteiger partial charge in [0.2, 0.25) is 0 Å². The Morgan fingerprint density at radius 2 is 1.72 bits per heavy atom. The van der Waals surface area contributed by atoms with E-state index in [2.05, 4.69) is 55.6 Å². The van der Waals surface area contributed by atoms with Gasteiger partial charge in [0.1, 0.15) is 0 Å². The van der Waals surface area contributed by atoms with Crippen LogP contribution >= 0.6 is 11.6 Å². The molecule has 0 saturated carbocycles. The molecule has 0 radical (unpaired) electrons. The highest BCUT2D eigenvalue weighted by Crippen LogP contribution is 2.30. The smallest absolute Gasteiger partial charge is 0.0591 e. The molecule has 2 aromatic carbocycles. The van der Waals surface area contributed by atoms with Gasteiger partial charge in [-0.1, -0.05) is 48.0 Å². The summed E-state index contributed by atoms with van der Waals surface area (Å²) in [6.45, 7) is 4.18. The highest BCUT2D eigenvalue weighted by molar-refractivity contribution is 6.31. The number of hydrogen-bond acceptors (Lipinski definition) is 1. The summed E-state index contributed by atoms with van der Waals surface area (Å²) in [6, 6.07) is 14.7. The minimum atomic E-state index is 0.138. The van der Waals surface area contributed by atoms with E-state index >= 15 is 0 Å². The first-order chi connectivity index (χ1) is 8.63. The zero-order chi connectivity index (χ0) is 13.1. The van der Waals surface area contributed by atoms with Gasteiger partial charge in [-0.15, -0.1) is 0 Å². The highest BCUT2D eigenvalue weighted by Gasteiger charge is 2.16. The van der Waals surface area contributed by atoms with Crippen LogP contribution in [0.1, 0.15) is 28.3 Å². The molecule has 0 heterocycles. The van der Waals surface area contributed by atoms with Crippen molar-refractivity contribution in [3.05, 3.63) is 69.7 Å². The fraction of sp³-hybridized carbons (Fsp3) is 0.250. The molecule has 0 aliphatic heterocycles. The Morgan fingerprint density at radius 1 is 1.00 bits per heavy atom. The number of aryl methyl sites for hydroxylation is 2. The average molecular weight is 260 g/mol. The Labute approximate surface area is 114 Å². The number of nitrogens with one attached hydrogen (secondary N) is 1. The number of benzene rings is 2. The van der Waals surface area contributed by atoms with Gasteiger partial charge in [0.05, 0.1) is 6.04 Å². The molecule has 94 valence electrons. The van der Waals surface area contributed by atoms with Crippen molar-refractivity contribution >= 4 is 11.6 Å². The Bertz CT molecular complexity index is 549. The molecule has 1 N–H and O–H groups in total. The van der Waals surface area contributed by atoms with E-state index in [1.807, 2.05) is 13.1 Å². The third-order valence-corrected chi connectivity index (χ3v) is 3.58. The summed E-state index contributed by atoms with van der Waals surface area (Å²) in [5.74, 6) is 0. The molecule has 0 aromatic heterocycles. The first-order valence-corrected chi connectivity index (χ1v) is 6.50.